The Bertz CT molecular complexity index is 441. The van der Waals surface area contributed by atoms with Gasteiger partial charge in [-0.2, -0.15) is 4.98 Å². The van der Waals surface area contributed by atoms with Crippen molar-refractivity contribution in [3.8, 4) is 0 Å². The van der Waals surface area contributed by atoms with E-state index in [1.807, 2.05) is 0 Å². The summed E-state index contributed by atoms with van der Waals surface area (Å²) in [6, 6.07) is 0. The number of aryl methyl sites for hydroxylation is 1. The lowest BCUT2D eigenvalue weighted by Gasteiger charge is -2.26. The molecule has 1 aromatic rings. The van der Waals surface area contributed by atoms with E-state index in [0.717, 1.165) is 19.3 Å². The summed E-state index contributed by atoms with van der Waals surface area (Å²) in [5.41, 5.74) is 0. The molecule has 0 aliphatic heterocycles. The fourth-order valence-electron chi connectivity index (χ4n) is 2.98. The number of rotatable bonds is 8. The standard InChI is InChI=1S/C15H24N2O4/c1-20-14(11-7-3-2-4-8-11)15-16-12(21-17-15)9-5-6-10-13(18)19/h11,14H,2-10H2,1H3,(H,18,19). The van der Waals surface area contributed by atoms with Gasteiger partial charge in [-0.1, -0.05) is 24.4 Å². The molecule has 1 saturated carbocycles. The quantitative estimate of drug-likeness (QED) is 0.742. The Kier molecular flexibility index (Phi) is 6.17. The second kappa shape index (κ2) is 8.12. The minimum absolute atomic E-state index is 0.0816. The minimum Gasteiger partial charge on any atom is -0.481 e. The molecule has 1 heterocycles. The van der Waals surface area contributed by atoms with Crippen molar-refractivity contribution in [1.82, 2.24) is 10.1 Å². The van der Waals surface area contributed by atoms with E-state index in [4.69, 9.17) is 14.4 Å². The summed E-state index contributed by atoms with van der Waals surface area (Å²) in [4.78, 5) is 14.9. The van der Waals surface area contributed by atoms with Crippen molar-refractivity contribution < 1.29 is 19.2 Å². The fourth-order valence-corrected chi connectivity index (χ4v) is 2.98. The van der Waals surface area contributed by atoms with E-state index in [9.17, 15) is 4.79 Å². The number of aromatic nitrogens is 2. The molecule has 0 saturated heterocycles. The second-order valence-electron chi connectivity index (χ2n) is 5.70. The van der Waals surface area contributed by atoms with Crippen LogP contribution in [0.4, 0.5) is 0 Å². The first-order valence-electron chi connectivity index (χ1n) is 7.77. The van der Waals surface area contributed by atoms with Gasteiger partial charge in [-0.15, -0.1) is 0 Å². The molecule has 1 aliphatic rings. The van der Waals surface area contributed by atoms with Gasteiger partial charge >= 0.3 is 5.97 Å². The predicted molar refractivity (Wildman–Crippen MR) is 75.8 cm³/mol. The highest BCUT2D eigenvalue weighted by Gasteiger charge is 2.28. The molecule has 6 heteroatoms. The zero-order valence-corrected chi connectivity index (χ0v) is 12.6. The first-order chi connectivity index (χ1) is 10.2. The van der Waals surface area contributed by atoms with E-state index in [2.05, 4.69) is 10.1 Å². The Morgan fingerprint density at radius 2 is 2.14 bits per heavy atom. The van der Waals surface area contributed by atoms with Crippen LogP contribution in [0, 0.1) is 5.92 Å². The molecule has 118 valence electrons. The van der Waals surface area contributed by atoms with Gasteiger partial charge in [-0.3, -0.25) is 4.79 Å². The number of aliphatic carboxylic acids is 1. The summed E-state index contributed by atoms with van der Waals surface area (Å²) in [6.07, 6.45) is 8.19. The monoisotopic (exact) mass is 296 g/mol. The Labute approximate surface area is 124 Å². The molecule has 1 aliphatic carbocycles. The van der Waals surface area contributed by atoms with Gasteiger partial charge in [0.05, 0.1) is 0 Å². The van der Waals surface area contributed by atoms with Crippen molar-refractivity contribution in [2.45, 2.75) is 63.9 Å². The van der Waals surface area contributed by atoms with Crippen LogP contribution in [0.1, 0.15) is 69.2 Å². The van der Waals surface area contributed by atoms with Gasteiger partial charge in [0.2, 0.25) is 11.7 Å². The number of carboxylic acid groups (broad SMARTS) is 1. The maximum atomic E-state index is 10.5. The lowest BCUT2D eigenvalue weighted by atomic mass is 9.85. The van der Waals surface area contributed by atoms with Gasteiger partial charge in [0.15, 0.2) is 0 Å². The third kappa shape index (κ3) is 4.81. The molecule has 0 spiro atoms. The fraction of sp³-hybridized carbons (Fsp3) is 0.800. The molecule has 1 N–H and O–H groups in total. The first-order valence-corrected chi connectivity index (χ1v) is 7.77. The van der Waals surface area contributed by atoms with Gasteiger partial charge in [-0.05, 0) is 31.6 Å². The summed E-state index contributed by atoms with van der Waals surface area (Å²) in [7, 11) is 1.70. The largest absolute Gasteiger partial charge is 0.481 e. The second-order valence-corrected chi connectivity index (χ2v) is 5.70. The molecule has 1 aromatic heterocycles. The molecule has 0 radical (unpaired) electrons. The van der Waals surface area contributed by atoms with Crippen LogP contribution < -0.4 is 0 Å². The van der Waals surface area contributed by atoms with Crippen LogP contribution in [0.15, 0.2) is 4.52 Å². The van der Waals surface area contributed by atoms with Gasteiger partial charge in [0.25, 0.3) is 0 Å². The van der Waals surface area contributed by atoms with Gasteiger partial charge in [0.1, 0.15) is 6.10 Å². The van der Waals surface area contributed by atoms with Crippen molar-refractivity contribution >= 4 is 5.97 Å². The third-order valence-corrected chi connectivity index (χ3v) is 4.10. The van der Waals surface area contributed by atoms with E-state index in [1.165, 1.54) is 19.3 Å². The summed E-state index contributed by atoms with van der Waals surface area (Å²) in [5, 5.41) is 12.6. The molecular weight excluding hydrogens is 272 g/mol. The topological polar surface area (TPSA) is 85.5 Å². The van der Waals surface area contributed by atoms with Gasteiger partial charge < -0.3 is 14.4 Å². The molecule has 0 aromatic carbocycles. The zero-order chi connectivity index (χ0) is 15.1. The molecule has 1 unspecified atom stereocenters. The van der Waals surface area contributed by atoms with Crippen LogP contribution in [0.5, 0.6) is 0 Å². The zero-order valence-electron chi connectivity index (χ0n) is 12.6. The number of nitrogens with zero attached hydrogens (tertiary/aromatic N) is 2. The van der Waals surface area contributed by atoms with Crippen molar-refractivity contribution in [1.29, 1.82) is 0 Å². The summed E-state index contributed by atoms with van der Waals surface area (Å²) >= 11 is 0. The SMILES string of the molecule is COC(c1noc(CCCCC(=O)O)n1)C1CCCCC1. The Morgan fingerprint density at radius 1 is 1.38 bits per heavy atom. The van der Waals surface area contributed by atoms with Crippen molar-refractivity contribution in [2.24, 2.45) is 5.92 Å². The molecule has 0 bridgehead atoms. The number of unbranched alkanes of at least 4 members (excludes halogenated alkanes) is 1. The average molecular weight is 296 g/mol. The van der Waals surface area contributed by atoms with Crippen molar-refractivity contribution in [3.63, 3.8) is 0 Å². The van der Waals surface area contributed by atoms with Crippen molar-refractivity contribution in [3.05, 3.63) is 11.7 Å². The molecular formula is C15H24N2O4. The van der Waals surface area contributed by atoms with Gasteiger partial charge in [0, 0.05) is 20.0 Å². The van der Waals surface area contributed by atoms with Gasteiger partial charge in [-0.25, -0.2) is 0 Å². The number of carboxylic acids is 1. The molecule has 21 heavy (non-hydrogen) atoms. The molecule has 2 rings (SSSR count). The molecule has 1 fully saturated rings. The van der Waals surface area contributed by atoms with E-state index >= 15 is 0 Å². The Morgan fingerprint density at radius 3 is 2.81 bits per heavy atom. The summed E-state index contributed by atoms with van der Waals surface area (Å²) in [5.74, 6) is 0.921. The summed E-state index contributed by atoms with van der Waals surface area (Å²) < 4.78 is 10.8. The predicted octanol–water partition coefficient (Wildman–Crippen LogP) is 3.13. The summed E-state index contributed by atoms with van der Waals surface area (Å²) in [6.45, 7) is 0. The molecule has 0 amide bonds. The number of methoxy groups -OCH3 is 1. The lowest BCUT2D eigenvalue weighted by Crippen LogP contribution is -2.19. The van der Waals surface area contributed by atoms with Crippen molar-refractivity contribution in [2.75, 3.05) is 7.11 Å². The minimum atomic E-state index is -0.766. The number of hydrogen-bond acceptors (Lipinski definition) is 5. The van der Waals surface area contributed by atoms with Crippen LogP contribution in [0.3, 0.4) is 0 Å². The number of ether oxygens (including phenoxy) is 1. The lowest BCUT2D eigenvalue weighted by molar-refractivity contribution is -0.137. The Hall–Kier alpha value is -1.43. The highest BCUT2D eigenvalue weighted by molar-refractivity contribution is 5.66. The van der Waals surface area contributed by atoms with E-state index in [0.29, 0.717) is 30.5 Å². The van der Waals surface area contributed by atoms with E-state index in [-0.39, 0.29) is 12.5 Å². The Balaban J connectivity index is 1.86. The van der Waals surface area contributed by atoms with Crippen LogP contribution in [-0.2, 0) is 16.0 Å². The normalized spacial score (nSPS) is 17.8. The first kappa shape index (κ1) is 15.9. The maximum absolute atomic E-state index is 10.5. The van der Waals surface area contributed by atoms with Crippen LogP contribution in [0.2, 0.25) is 0 Å². The van der Waals surface area contributed by atoms with E-state index in [1.54, 1.807) is 7.11 Å². The maximum Gasteiger partial charge on any atom is 0.303 e. The number of hydrogen-bond donors (Lipinski definition) is 1. The number of carbonyl (C=O) groups is 1. The smallest absolute Gasteiger partial charge is 0.303 e. The highest BCUT2D eigenvalue weighted by Crippen LogP contribution is 2.35. The molecule has 1 atom stereocenters. The average Bonchev–Trinajstić information content (AvgIpc) is 2.94. The van der Waals surface area contributed by atoms with Crippen LogP contribution in [-0.4, -0.2) is 28.3 Å². The molecule has 6 nitrogen and oxygen atoms in total. The van der Waals surface area contributed by atoms with Crippen LogP contribution in [0.25, 0.3) is 0 Å². The third-order valence-electron chi connectivity index (χ3n) is 4.10. The van der Waals surface area contributed by atoms with E-state index < -0.39 is 5.97 Å². The van der Waals surface area contributed by atoms with Crippen LogP contribution >= 0.6 is 0 Å². The highest BCUT2D eigenvalue weighted by atomic mass is 16.5.